The number of rotatable bonds is 7. The van der Waals surface area contributed by atoms with E-state index >= 15 is 0 Å². The predicted molar refractivity (Wildman–Crippen MR) is 117 cm³/mol. The molecule has 0 aliphatic carbocycles. The van der Waals surface area contributed by atoms with Crippen molar-refractivity contribution in [2.75, 3.05) is 38.2 Å². The maximum atomic E-state index is 5.80. The minimum Gasteiger partial charge on any atom is -0.492 e. The Labute approximate surface area is 173 Å². The van der Waals surface area contributed by atoms with Crippen molar-refractivity contribution in [2.24, 2.45) is 4.99 Å². The SMILES string of the molecule is CN=C(NCCOc1ccccc1)NCc1ccc(N2CC(C)OC(C)C2)nc1. The normalized spacial score (nSPS) is 19.7. The van der Waals surface area contributed by atoms with Crippen LogP contribution < -0.4 is 20.3 Å². The van der Waals surface area contributed by atoms with E-state index in [9.17, 15) is 0 Å². The number of hydrogen-bond acceptors (Lipinski definition) is 5. The number of ether oxygens (including phenoxy) is 2. The zero-order valence-corrected chi connectivity index (χ0v) is 17.5. The molecule has 29 heavy (non-hydrogen) atoms. The smallest absolute Gasteiger partial charge is 0.191 e. The summed E-state index contributed by atoms with van der Waals surface area (Å²) in [7, 11) is 1.76. The summed E-state index contributed by atoms with van der Waals surface area (Å²) >= 11 is 0. The van der Waals surface area contributed by atoms with Crippen molar-refractivity contribution in [3.63, 3.8) is 0 Å². The number of aliphatic imine (C=N–C) groups is 1. The van der Waals surface area contributed by atoms with Crippen molar-refractivity contribution in [1.29, 1.82) is 0 Å². The summed E-state index contributed by atoms with van der Waals surface area (Å²) in [4.78, 5) is 11.2. The van der Waals surface area contributed by atoms with E-state index in [0.29, 0.717) is 19.7 Å². The molecule has 1 aromatic heterocycles. The van der Waals surface area contributed by atoms with Crippen LogP contribution in [0.25, 0.3) is 0 Å². The van der Waals surface area contributed by atoms with E-state index in [1.54, 1.807) is 7.05 Å². The van der Waals surface area contributed by atoms with Crippen LogP contribution in [0.15, 0.2) is 53.7 Å². The van der Waals surface area contributed by atoms with E-state index in [2.05, 4.69) is 51.5 Å². The van der Waals surface area contributed by atoms with Crippen LogP contribution in [-0.4, -0.2) is 56.4 Å². The van der Waals surface area contributed by atoms with Gasteiger partial charge in [0.25, 0.3) is 0 Å². The molecule has 0 saturated carbocycles. The average molecular weight is 398 g/mol. The molecular weight excluding hydrogens is 366 g/mol. The molecule has 2 N–H and O–H groups in total. The lowest BCUT2D eigenvalue weighted by molar-refractivity contribution is -0.00545. The second kappa shape index (κ2) is 10.7. The summed E-state index contributed by atoms with van der Waals surface area (Å²) < 4.78 is 11.5. The highest BCUT2D eigenvalue weighted by Gasteiger charge is 2.22. The first-order chi connectivity index (χ1) is 14.1. The van der Waals surface area contributed by atoms with Crippen LogP contribution in [0, 0.1) is 0 Å². The van der Waals surface area contributed by atoms with Gasteiger partial charge in [-0.25, -0.2) is 4.98 Å². The predicted octanol–water partition coefficient (Wildman–Crippen LogP) is 2.44. The Balaban J connectivity index is 1.41. The molecule has 0 amide bonds. The zero-order valence-electron chi connectivity index (χ0n) is 17.5. The van der Waals surface area contributed by atoms with E-state index in [4.69, 9.17) is 9.47 Å². The topological polar surface area (TPSA) is 71.0 Å². The first kappa shape index (κ1) is 20.9. The number of guanidine groups is 1. The van der Waals surface area contributed by atoms with Gasteiger partial charge >= 0.3 is 0 Å². The standard InChI is InChI=1S/C22H31N5O2/c1-17-15-27(16-18(2)29-17)21-10-9-19(13-25-21)14-26-22(23-3)24-11-12-28-20-7-5-4-6-8-20/h4-10,13,17-18H,11-12,14-16H2,1-3H3,(H2,23,24,26). The van der Waals surface area contributed by atoms with Crippen LogP contribution in [0.2, 0.25) is 0 Å². The molecular formula is C22H31N5O2. The first-order valence-corrected chi connectivity index (χ1v) is 10.1. The van der Waals surface area contributed by atoms with Gasteiger partial charge in [0.15, 0.2) is 5.96 Å². The van der Waals surface area contributed by atoms with Crippen LogP contribution in [0.1, 0.15) is 19.4 Å². The van der Waals surface area contributed by atoms with Crippen LogP contribution >= 0.6 is 0 Å². The summed E-state index contributed by atoms with van der Waals surface area (Å²) in [5.41, 5.74) is 1.10. The second-order valence-corrected chi connectivity index (χ2v) is 7.20. The van der Waals surface area contributed by atoms with Gasteiger partial charge in [0, 0.05) is 32.9 Å². The quantitative estimate of drug-likeness (QED) is 0.425. The lowest BCUT2D eigenvalue weighted by Gasteiger charge is -2.36. The second-order valence-electron chi connectivity index (χ2n) is 7.20. The molecule has 0 radical (unpaired) electrons. The molecule has 1 aromatic carbocycles. The number of benzene rings is 1. The number of anilines is 1. The number of aromatic nitrogens is 1. The minimum atomic E-state index is 0.224. The van der Waals surface area contributed by atoms with Gasteiger partial charge in [-0.3, -0.25) is 4.99 Å². The van der Waals surface area contributed by atoms with Crippen molar-refractivity contribution in [2.45, 2.75) is 32.6 Å². The monoisotopic (exact) mass is 397 g/mol. The van der Waals surface area contributed by atoms with Gasteiger partial charge in [-0.15, -0.1) is 0 Å². The molecule has 2 unspecified atom stereocenters. The number of nitrogens with one attached hydrogen (secondary N) is 2. The summed E-state index contributed by atoms with van der Waals surface area (Å²) in [6, 6.07) is 14.0. The van der Waals surface area contributed by atoms with E-state index < -0.39 is 0 Å². The number of pyridine rings is 1. The Morgan fingerprint density at radius 2 is 1.90 bits per heavy atom. The number of hydrogen-bond donors (Lipinski definition) is 2. The third-order valence-corrected chi connectivity index (χ3v) is 4.64. The van der Waals surface area contributed by atoms with Gasteiger partial charge in [0.1, 0.15) is 18.2 Å². The zero-order chi connectivity index (χ0) is 20.5. The highest BCUT2D eigenvalue weighted by Crippen LogP contribution is 2.18. The van der Waals surface area contributed by atoms with Gasteiger partial charge in [-0.05, 0) is 37.6 Å². The van der Waals surface area contributed by atoms with Gasteiger partial charge in [-0.1, -0.05) is 24.3 Å². The fourth-order valence-electron chi connectivity index (χ4n) is 3.33. The van der Waals surface area contributed by atoms with Gasteiger partial charge in [0.05, 0.1) is 18.8 Å². The van der Waals surface area contributed by atoms with E-state index in [1.807, 2.05) is 36.5 Å². The van der Waals surface area contributed by atoms with Gasteiger partial charge < -0.3 is 25.0 Å². The molecule has 2 atom stereocenters. The number of para-hydroxylation sites is 1. The van der Waals surface area contributed by atoms with Crippen LogP contribution in [0.5, 0.6) is 5.75 Å². The Hall–Kier alpha value is -2.80. The Morgan fingerprint density at radius 1 is 1.14 bits per heavy atom. The molecule has 1 saturated heterocycles. The van der Waals surface area contributed by atoms with Crippen LogP contribution in [0.3, 0.4) is 0 Å². The highest BCUT2D eigenvalue weighted by atomic mass is 16.5. The first-order valence-electron chi connectivity index (χ1n) is 10.1. The molecule has 3 rings (SSSR count). The fraction of sp³-hybridized carbons (Fsp3) is 0.455. The molecule has 2 aromatic rings. The lowest BCUT2D eigenvalue weighted by Crippen LogP contribution is -2.45. The summed E-state index contributed by atoms with van der Waals surface area (Å²) in [6.07, 6.45) is 2.36. The molecule has 7 heteroatoms. The Morgan fingerprint density at radius 3 is 2.55 bits per heavy atom. The molecule has 0 bridgehead atoms. The van der Waals surface area contributed by atoms with Crippen molar-refractivity contribution >= 4 is 11.8 Å². The number of morpholine rings is 1. The van der Waals surface area contributed by atoms with Crippen molar-refractivity contribution in [3.05, 3.63) is 54.2 Å². The van der Waals surface area contributed by atoms with Crippen molar-refractivity contribution in [3.8, 4) is 5.75 Å². The summed E-state index contributed by atoms with van der Waals surface area (Å²) in [5.74, 6) is 2.60. The average Bonchev–Trinajstić information content (AvgIpc) is 2.74. The highest BCUT2D eigenvalue weighted by molar-refractivity contribution is 5.79. The summed E-state index contributed by atoms with van der Waals surface area (Å²) in [6.45, 7) is 7.83. The maximum absolute atomic E-state index is 5.80. The molecule has 1 fully saturated rings. The molecule has 0 spiro atoms. The molecule has 156 valence electrons. The third-order valence-electron chi connectivity index (χ3n) is 4.64. The van der Waals surface area contributed by atoms with Gasteiger partial charge in [0.2, 0.25) is 0 Å². The lowest BCUT2D eigenvalue weighted by atomic mass is 10.2. The largest absolute Gasteiger partial charge is 0.492 e. The third kappa shape index (κ3) is 6.64. The van der Waals surface area contributed by atoms with E-state index in [0.717, 1.165) is 36.2 Å². The molecule has 7 nitrogen and oxygen atoms in total. The van der Waals surface area contributed by atoms with Gasteiger partial charge in [-0.2, -0.15) is 0 Å². The van der Waals surface area contributed by atoms with E-state index in [-0.39, 0.29) is 12.2 Å². The number of nitrogens with zero attached hydrogens (tertiary/aromatic N) is 3. The molecule has 1 aliphatic heterocycles. The maximum Gasteiger partial charge on any atom is 0.191 e. The van der Waals surface area contributed by atoms with E-state index in [1.165, 1.54) is 0 Å². The van der Waals surface area contributed by atoms with Crippen LogP contribution in [0.4, 0.5) is 5.82 Å². The minimum absolute atomic E-state index is 0.224. The summed E-state index contributed by atoms with van der Waals surface area (Å²) in [5, 5.41) is 6.56. The Kier molecular flexibility index (Phi) is 7.69. The molecule has 2 heterocycles. The van der Waals surface area contributed by atoms with Crippen LogP contribution in [-0.2, 0) is 11.3 Å². The van der Waals surface area contributed by atoms with Crippen molar-refractivity contribution < 1.29 is 9.47 Å². The Bertz CT molecular complexity index is 757. The van der Waals surface area contributed by atoms with Crippen molar-refractivity contribution in [1.82, 2.24) is 15.6 Å². The molecule has 1 aliphatic rings. The fourth-order valence-corrected chi connectivity index (χ4v) is 3.33.